The molecule has 0 radical (unpaired) electrons. The van der Waals surface area contributed by atoms with E-state index in [2.05, 4.69) is 14.9 Å². The molecule has 92 valence electrons. The number of hydrogen-bond donors (Lipinski definition) is 0. The van der Waals surface area contributed by atoms with Crippen LogP contribution in [0, 0.1) is 6.92 Å². The number of aromatic nitrogens is 2. The smallest absolute Gasteiger partial charge is 0.282 e. The predicted molar refractivity (Wildman–Crippen MR) is 65.5 cm³/mol. The van der Waals surface area contributed by atoms with E-state index < -0.39 is 0 Å². The summed E-state index contributed by atoms with van der Waals surface area (Å²) < 4.78 is 4.60. The molecule has 0 spiro atoms. The quantitative estimate of drug-likeness (QED) is 0.768. The molecule has 0 bridgehead atoms. The van der Waals surface area contributed by atoms with E-state index in [1.54, 1.807) is 11.8 Å². The molecule has 1 aromatic carbocycles. The van der Waals surface area contributed by atoms with Crippen LogP contribution in [0.15, 0.2) is 28.9 Å². The summed E-state index contributed by atoms with van der Waals surface area (Å²) in [5.74, 6) is -0.147. The van der Waals surface area contributed by atoms with Gasteiger partial charge in [-0.15, -0.1) is 0 Å². The van der Waals surface area contributed by atoms with Gasteiger partial charge in [-0.1, -0.05) is 23.4 Å². The van der Waals surface area contributed by atoms with E-state index in [1.807, 2.05) is 31.2 Å². The average Bonchev–Trinajstić information content (AvgIpc) is 2.91. The summed E-state index contributed by atoms with van der Waals surface area (Å²) in [6.07, 6.45) is 0.867. The van der Waals surface area contributed by atoms with Gasteiger partial charge < -0.3 is 4.90 Å². The van der Waals surface area contributed by atoms with Crippen LogP contribution in [0.5, 0.6) is 0 Å². The summed E-state index contributed by atoms with van der Waals surface area (Å²) in [5.41, 5.74) is 2.96. The first-order chi connectivity index (χ1) is 8.68. The van der Waals surface area contributed by atoms with E-state index in [9.17, 15) is 4.79 Å². The SMILES string of the molecule is Cc1nonc1C(=O)N1c2ccccc2CC1C. The lowest BCUT2D eigenvalue weighted by Crippen LogP contribution is -2.36. The van der Waals surface area contributed by atoms with Gasteiger partial charge in [0, 0.05) is 11.7 Å². The number of benzene rings is 1. The molecule has 0 fully saturated rings. The number of amides is 1. The van der Waals surface area contributed by atoms with Crippen molar-refractivity contribution in [3.63, 3.8) is 0 Å². The second kappa shape index (κ2) is 3.94. The molecule has 0 saturated carbocycles. The highest BCUT2D eigenvalue weighted by molar-refractivity contribution is 6.07. The van der Waals surface area contributed by atoms with Crippen molar-refractivity contribution >= 4 is 11.6 Å². The van der Waals surface area contributed by atoms with Crippen LogP contribution in [-0.2, 0) is 6.42 Å². The van der Waals surface area contributed by atoms with E-state index in [-0.39, 0.29) is 11.9 Å². The molecular weight excluding hydrogens is 230 g/mol. The molecule has 2 heterocycles. The van der Waals surface area contributed by atoms with Gasteiger partial charge in [-0.2, -0.15) is 0 Å². The van der Waals surface area contributed by atoms with Crippen LogP contribution in [0.2, 0.25) is 0 Å². The van der Waals surface area contributed by atoms with Crippen molar-refractivity contribution in [3.8, 4) is 0 Å². The van der Waals surface area contributed by atoms with E-state index >= 15 is 0 Å². The third kappa shape index (κ3) is 1.51. The number of rotatable bonds is 1. The van der Waals surface area contributed by atoms with Crippen LogP contribution in [0.3, 0.4) is 0 Å². The Morgan fingerprint density at radius 2 is 2.17 bits per heavy atom. The Morgan fingerprint density at radius 3 is 2.89 bits per heavy atom. The number of carbonyl (C=O) groups is 1. The molecule has 0 saturated heterocycles. The van der Waals surface area contributed by atoms with Crippen LogP contribution in [0.4, 0.5) is 5.69 Å². The fourth-order valence-electron chi connectivity index (χ4n) is 2.41. The zero-order valence-corrected chi connectivity index (χ0v) is 10.3. The van der Waals surface area contributed by atoms with Gasteiger partial charge in [-0.25, -0.2) is 4.63 Å². The zero-order valence-electron chi connectivity index (χ0n) is 10.3. The summed E-state index contributed by atoms with van der Waals surface area (Å²) in [5, 5.41) is 7.35. The maximum absolute atomic E-state index is 12.5. The van der Waals surface area contributed by atoms with Crippen LogP contribution in [0.25, 0.3) is 0 Å². The number of para-hydroxylation sites is 1. The number of nitrogens with zero attached hydrogens (tertiary/aromatic N) is 3. The van der Waals surface area contributed by atoms with Crippen molar-refractivity contribution in [1.82, 2.24) is 10.3 Å². The molecule has 5 heteroatoms. The Morgan fingerprint density at radius 1 is 1.39 bits per heavy atom. The number of carbonyl (C=O) groups excluding carboxylic acids is 1. The highest BCUT2D eigenvalue weighted by atomic mass is 16.6. The summed E-state index contributed by atoms with van der Waals surface area (Å²) in [6, 6.07) is 8.06. The molecule has 1 aliphatic rings. The lowest BCUT2D eigenvalue weighted by atomic mass is 10.1. The fraction of sp³-hybridized carbons (Fsp3) is 0.308. The summed E-state index contributed by atoms with van der Waals surface area (Å²) in [4.78, 5) is 14.2. The molecule has 3 rings (SSSR count). The predicted octanol–water partition coefficient (Wildman–Crippen LogP) is 1.97. The van der Waals surface area contributed by atoms with Gasteiger partial charge in [0.05, 0.1) is 0 Å². The fourth-order valence-corrected chi connectivity index (χ4v) is 2.41. The van der Waals surface area contributed by atoms with Crippen molar-refractivity contribution < 1.29 is 9.42 Å². The van der Waals surface area contributed by atoms with Gasteiger partial charge in [0.25, 0.3) is 5.91 Å². The Balaban J connectivity index is 2.03. The van der Waals surface area contributed by atoms with Crippen LogP contribution < -0.4 is 4.90 Å². The molecule has 1 aliphatic heterocycles. The van der Waals surface area contributed by atoms with Gasteiger partial charge >= 0.3 is 0 Å². The molecule has 0 aliphatic carbocycles. The minimum Gasteiger partial charge on any atom is -0.303 e. The monoisotopic (exact) mass is 243 g/mol. The second-order valence-corrected chi connectivity index (χ2v) is 4.56. The van der Waals surface area contributed by atoms with Crippen LogP contribution >= 0.6 is 0 Å². The van der Waals surface area contributed by atoms with E-state index in [1.165, 1.54) is 5.56 Å². The first-order valence-electron chi connectivity index (χ1n) is 5.89. The molecule has 1 aromatic heterocycles. The summed E-state index contributed by atoms with van der Waals surface area (Å²) in [6.45, 7) is 3.75. The maximum atomic E-state index is 12.5. The van der Waals surface area contributed by atoms with Gasteiger partial charge in [0.2, 0.25) is 0 Å². The first kappa shape index (κ1) is 11.0. The van der Waals surface area contributed by atoms with Gasteiger partial charge in [-0.3, -0.25) is 4.79 Å². The number of aryl methyl sites for hydroxylation is 1. The molecule has 1 atom stereocenters. The number of anilines is 1. The van der Waals surface area contributed by atoms with Gasteiger partial charge in [-0.05, 0) is 37.1 Å². The molecule has 1 amide bonds. The van der Waals surface area contributed by atoms with Crippen molar-refractivity contribution in [2.75, 3.05) is 4.90 Å². The first-order valence-corrected chi connectivity index (χ1v) is 5.89. The van der Waals surface area contributed by atoms with Crippen molar-refractivity contribution in [1.29, 1.82) is 0 Å². The lowest BCUT2D eigenvalue weighted by Gasteiger charge is -2.21. The van der Waals surface area contributed by atoms with Crippen LogP contribution in [0.1, 0.15) is 28.7 Å². The minimum atomic E-state index is -0.147. The zero-order chi connectivity index (χ0) is 12.7. The number of hydrogen-bond acceptors (Lipinski definition) is 4. The Labute approximate surface area is 104 Å². The highest BCUT2D eigenvalue weighted by Crippen LogP contribution is 2.32. The Hall–Kier alpha value is -2.17. The maximum Gasteiger partial charge on any atom is 0.282 e. The molecule has 1 unspecified atom stereocenters. The van der Waals surface area contributed by atoms with E-state index in [4.69, 9.17) is 0 Å². The normalized spacial score (nSPS) is 17.9. The van der Waals surface area contributed by atoms with E-state index in [0.29, 0.717) is 11.4 Å². The third-order valence-electron chi connectivity index (χ3n) is 3.28. The third-order valence-corrected chi connectivity index (χ3v) is 3.28. The Bertz CT molecular complexity index is 606. The lowest BCUT2D eigenvalue weighted by molar-refractivity contribution is 0.0971. The molecule has 2 aromatic rings. The van der Waals surface area contributed by atoms with Crippen molar-refractivity contribution in [3.05, 3.63) is 41.2 Å². The summed E-state index contributed by atoms with van der Waals surface area (Å²) >= 11 is 0. The molecule has 0 N–H and O–H groups in total. The minimum absolute atomic E-state index is 0.131. The number of fused-ring (bicyclic) bond motifs is 1. The van der Waals surface area contributed by atoms with Crippen molar-refractivity contribution in [2.45, 2.75) is 26.3 Å². The topological polar surface area (TPSA) is 59.2 Å². The molecule has 18 heavy (non-hydrogen) atoms. The summed E-state index contributed by atoms with van der Waals surface area (Å²) in [7, 11) is 0. The van der Waals surface area contributed by atoms with Crippen LogP contribution in [-0.4, -0.2) is 22.3 Å². The van der Waals surface area contributed by atoms with Gasteiger partial charge in [0.1, 0.15) is 5.69 Å². The Kier molecular flexibility index (Phi) is 2.40. The van der Waals surface area contributed by atoms with Crippen molar-refractivity contribution in [2.24, 2.45) is 0 Å². The largest absolute Gasteiger partial charge is 0.303 e. The molecular formula is C13H13N3O2. The highest BCUT2D eigenvalue weighted by Gasteiger charge is 2.33. The van der Waals surface area contributed by atoms with E-state index in [0.717, 1.165) is 12.1 Å². The average molecular weight is 243 g/mol. The van der Waals surface area contributed by atoms with Gasteiger partial charge in [0.15, 0.2) is 5.69 Å². The second-order valence-electron chi connectivity index (χ2n) is 4.56. The standard InChI is InChI=1S/C13H13N3O2/c1-8-7-10-5-3-4-6-11(10)16(8)13(17)12-9(2)14-18-15-12/h3-6,8H,7H2,1-2H3. The molecule has 5 nitrogen and oxygen atoms in total.